The van der Waals surface area contributed by atoms with E-state index < -0.39 is 7.82 Å². The Bertz CT molecular complexity index is 558. The third-order valence-corrected chi connectivity index (χ3v) is 7.97. The molecule has 0 aromatic heterocycles. The summed E-state index contributed by atoms with van der Waals surface area (Å²) >= 11 is 0. The van der Waals surface area contributed by atoms with Gasteiger partial charge in [-0.3, -0.25) is 13.8 Å². The van der Waals surface area contributed by atoms with Gasteiger partial charge in [-0.25, -0.2) is 4.57 Å². The highest BCUT2D eigenvalue weighted by Gasteiger charge is 2.24. The molecule has 0 radical (unpaired) electrons. The molecular formula is C30H62NO5P. The number of unbranched alkanes of at least 4 members (excludes halogenated alkanes) is 15. The Hall–Kier alpha value is -0.260. The molecule has 0 aliphatic carbocycles. The van der Waals surface area contributed by atoms with Gasteiger partial charge in [-0.15, -0.1) is 0 Å². The second kappa shape index (κ2) is 26.0. The number of carbonyl (C=O) groups excluding carboxylic acids is 1. The highest BCUT2D eigenvalue weighted by atomic mass is 31.2. The van der Waals surface area contributed by atoms with E-state index in [9.17, 15) is 14.3 Å². The molecule has 1 N–H and O–H groups in total. The number of phosphoric ester groups is 1. The van der Waals surface area contributed by atoms with Crippen molar-refractivity contribution in [1.82, 2.24) is 4.90 Å². The van der Waals surface area contributed by atoms with Crippen LogP contribution in [0.1, 0.15) is 149 Å². The summed E-state index contributed by atoms with van der Waals surface area (Å²) in [6.07, 6.45) is 24.6. The van der Waals surface area contributed by atoms with E-state index in [0.29, 0.717) is 19.3 Å². The van der Waals surface area contributed by atoms with E-state index in [1.807, 2.05) is 25.9 Å². The van der Waals surface area contributed by atoms with E-state index in [2.05, 4.69) is 6.92 Å². The maximum absolute atomic E-state index is 12.2. The Morgan fingerprint density at radius 3 is 1.68 bits per heavy atom. The van der Waals surface area contributed by atoms with Crippen LogP contribution in [0.25, 0.3) is 0 Å². The summed E-state index contributed by atoms with van der Waals surface area (Å²) in [5.41, 5.74) is 0. The number of hydrogen-bond donors (Lipinski definition) is 1. The van der Waals surface area contributed by atoms with Crippen molar-refractivity contribution in [1.29, 1.82) is 0 Å². The zero-order valence-corrected chi connectivity index (χ0v) is 25.9. The number of ketones is 1. The van der Waals surface area contributed by atoms with Crippen LogP contribution in [0.4, 0.5) is 0 Å². The summed E-state index contributed by atoms with van der Waals surface area (Å²) in [4.78, 5) is 24.2. The molecule has 7 heteroatoms. The number of hydrogen-bond acceptors (Lipinski definition) is 5. The van der Waals surface area contributed by atoms with Gasteiger partial charge in [0.1, 0.15) is 5.78 Å². The van der Waals surface area contributed by atoms with Crippen LogP contribution in [0, 0.1) is 5.92 Å². The van der Waals surface area contributed by atoms with Crippen LogP contribution in [-0.2, 0) is 18.4 Å². The molecule has 37 heavy (non-hydrogen) atoms. The van der Waals surface area contributed by atoms with Crippen molar-refractivity contribution in [2.45, 2.75) is 149 Å². The topological polar surface area (TPSA) is 76.1 Å². The van der Waals surface area contributed by atoms with Crippen LogP contribution >= 0.6 is 7.82 Å². The first-order chi connectivity index (χ1) is 17.8. The third kappa shape index (κ3) is 27.1. The van der Waals surface area contributed by atoms with Crippen molar-refractivity contribution < 1.29 is 23.3 Å². The Morgan fingerprint density at radius 2 is 1.22 bits per heavy atom. The molecule has 0 saturated carbocycles. The third-order valence-electron chi connectivity index (χ3n) is 6.99. The SMILES string of the molecule is CCCCCCCCCCCCCCCCCCC(COP(=O)(O)OCCCN(C)C)CC(=O)CCC. The van der Waals surface area contributed by atoms with Crippen molar-refractivity contribution in [3.05, 3.63) is 0 Å². The molecule has 0 heterocycles. The zero-order chi connectivity index (χ0) is 27.6. The van der Waals surface area contributed by atoms with Crippen molar-refractivity contribution in [3.8, 4) is 0 Å². The second-order valence-electron chi connectivity index (χ2n) is 11.2. The fourth-order valence-corrected chi connectivity index (χ4v) is 5.56. The molecule has 0 rings (SSSR count). The molecule has 0 fully saturated rings. The van der Waals surface area contributed by atoms with Crippen LogP contribution in [0.5, 0.6) is 0 Å². The molecule has 0 bridgehead atoms. The van der Waals surface area contributed by atoms with Crippen molar-refractivity contribution >= 4 is 13.6 Å². The normalized spacial score (nSPS) is 14.2. The minimum absolute atomic E-state index is 0.0171. The molecule has 0 aromatic rings. The standard InChI is InChI=1S/C30H62NO5P/c1-5-7-8-9-10-11-12-13-14-15-16-17-18-19-20-21-24-29(27-30(32)23-6-2)28-36-37(33,34)35-26-22-25-31(3)4/h29H,5-28H2,1-4H3,(H,33,34). The van der Waals surface area contributed by atoms with E-state index in [4.69, 9.17) is 9.05 Å². The van der Waals surface area contributed by atoms with Gasteiger partial charge in [0.15, 0.2) is 0 Å². The smallest absolute Gasteiger partial charge is 0.309 e. The Kier molecular flexibility index (Phi) is 25.8. The fourth-order valence-electron chi connectivity index (χ4n) is 4.73. The van der Waals surface area contributed by atoms with Crippen LogP contribution < -0.4 is 0 Å². The lowest BCUT2D eigenvalue weighted by Crippen LogP contribution is -2.16. The van der Waals surface area contributed by atoms with Crippen molar-refractivity contribution in [3.63, 3.8) is 0 Å². The minimum Gasteiger partial charge on any atom is -0.309 e. The summed E-state index contributed by atoms with van der Waals surface area (Å²) in [5.74, 6) is 0.198. The molecule has 2 atom stereocenters. The number of carbonyl (C=O) groups is 1. The monoisotopic (exact) mass is 547 g/mol. The van der Waals surface area contributed by atoms with Gasteiger partial charge in [0.05, 0.1) is 13.2 Å². The van der Waals surface area contributed by atoms with Crippen molar-refractivity contribution in [2.75, 3.05) is 33.9 Å². The van der Waals surface area contributed by atoms with E-state index in [1.165, 1.54) is 89.9 Å². The lowest BCUT2D eigenvalue weighted by atomic mass is 9.94. The summed E-state index contributed by atoms with van der Waals surface area (Å²) < 4.78 is 22.6. The van der Waals surface area contributed by atoms with Crippen LogP contribution in [0.3, 0.4) is 0 Å². The average molecular weight is 548 g/mol. The average Bonchev–Trinajstić information content (AvgIpc) is 2.85. The summed E-state index contributed by atoms with van der Waals surface area (Å²) in [6, 6.07) is 0. The molecular weight excluding hydrogens is 485 g/mol. The molecule has 222 valence electrons. The lowest BCUT2D eigenvalue weighted by Gasteiger charge is -2.19. The molecule has 0 aliphatic rings. The Morgan fingerprint density at radius 1 is 0.730 bits per heavy atom. The Balaban J connectivity index is 3.93. The first-order valence-electron chi connectivity index (χ1n) is 15.6. The predicted molar refractivity (Wildman–Crippen MR) is 157 cm³/mol. The molecule has 0 spiro atoms. The highest BCUT2D eigenvalue weighted by molar-refractivity contribution is 7.47. The second-order valence-corrected chi connectivity index (χ2v) is 12.7. The maximum atomic E-state index is 12.2. The largest absolute Gasteiger partial charge is 0.472 e. The maximum Gasteiger partial charge on any atom is 0.472 e. The number of phosphoric acid groups is 1. The molecule has 0 amide bonds. The zero-order valence-electron chi connectivity index (χ0n) is 25.0. The van der Waals surface area contributed by atoms with Gasteiger partial charge >= 0.3 is 7.82 Å². The van der Waals surface area contributed by atoms with Gasteiger partial charge in [-0.1, -0.05) is 117 Å². The van der Waals surface area contributed by atoms with E-state index in [1.54, 1.807) is 0 Å². The van der Waals surface area contributed by atoms with Crippen LogP contribution in [-0.4, -0.2) is 49.4 Å². The van der Waals surface area contributed by atoms with Gasteiger partial charge in [-0.2, -0.15) is 0 Å². The van der Waals surface area contributed by atoms with Crippen LogP contribution in [0.15, 0.2) is 0 Å². The molecule has 2 unspecified atom stereocenters. The first-order valence-corrected chi connectivity index (χ1v) is 17.1. The molecule has 0 aliphatic heterocycles. The summed E-state index contributed by atoms with van der Waals surface area (Å²) in [6.45, 7) is 5.35. The van der Waals surface area contributed by atoms with E-state index >= 15 is 0 Å². The predicted octanol–water partition coefficient (Wildman–Crippen LogP) is 9.10. The van der Waals surface area contributed by atoms with Gasteiger partial charge in [0.25, 0.3) is 0 Å². The highest BCUT2D eigenvalue weighted by Crippen LogP contribution is 2.44. The van der Waals surface area contributed by atoms with Crippen molar-refractivity contribution in [2.24, 2.45) is 5.92 Å². The number of Topliss-reactive ketones (excluding diaryl/α,β-unsaturated/α-hetero) is 1. The van der Waals surface area contributed by atoms with Gasteiger partial charge in [0.2, 0.25) is 0 Å². The van der Waals surface area contributed by atoms with Gasteiger partial charge in [0, 0.05) is 12.8 Å². The summed E-state index contributed by atoms with van der Waals surface area (Å²) in [7, 11) is -0.171. The first kappa shape index (κ1) is 36.7. The fraction of sp³-hybridized carbons (Fsp3) is 0.967. The number of rotatable bonds is 29. The van der Waals surface area contributed by atoms with Crippen LogP contribution in [0.2, 0.25) is 0 Å². The quantitative estimate of drug-likeness (QED) is 0.0743. The van der Waals surface area contributed by atoms with Gasteiger partial charge in [-0.05, 0) is 45.8 Å². The number of nitrogens with zero attached hydrogens (tertiary/aromatic N) is 1. The summed E-state index contributed by atoms with van der Waals surface area (Å²) in [5, 5.41) is 0. The van der Waals surface area contributed by atoms with Gasteiger partial charge < -0.3 is 9.79 Å². The van der Waals surface area contributed by atoms with E-state index in [-0.39, 0.29) is 24.9 Å². The molecule has 0 aromatic carbocycles. The minimum atomic E-state index is -4.07. The Labute approximate surface area is 230 Å². The lowest BCUT2D eigenvalue weighted by molar-refractivity contribution is -0.120. The molecule has 0 saturated heterocycles. The molecule has 6 nitrogen and oxygen atoms in total. The van der Waals surface area contributed by atoms with E-state index in [0.717, 1.165) is 32.2 Å².